The lowest BCUT2D eigenvalue weighted by Gasteiger charge is -2.23. The molecule has 3 aromatic carbocycles. The number of benzene rings is 3. The van der Waals surface area contributed by atoms with Crippen LogP contribution in [0.15, 0.2) is 89.7 Å². The largest absolute Gasteiger partial charge is 0.497 e. The first kappa shape index (κ1) is 19.5. The second-order valence-electron chi connectivity index (χ2n) is 6.97. The van der Waals surface area contributed by atoms with Gasteiger partial charge in [-0.05, 0) is 36.8 Å². The Kier molecular flexibility index (Phi) is 5.40. The highest BCUT2D eigenvalue weighted by molar-refractivity contribution is 5.77. The summed E-state index contributed by atoms with van der Waals surface area (Å²) in [5.41, 5.74) is 5.02. The van der Waals surface area contributed by atoms with Crippen LogP contribution < -0.4 is 14.9 Å². The first-order chi connectivity index (χ1) is 14.6. The third kappa shape index (κ3) is 3.48. The van der Waals surface area contributed by atoms with Crippen LogP contribution in [0.5, 0.6) is 11.5 Å². The van der Waals surface area contributed by atoms with Gasteiger partial charge in [0.25, 0.3) is 0 Å². The quantitative estimate of drug-likeness (QED) is 0.447. The Labute approximate surface area is 176 Å². The molecule has 1 aromatic heterocycles. The number of nitrogens with zero attached hydrogens (tertiary/aromatic N) is 1. The zero-order valence-corrected chi connectivity index (χ0v) is 17.3. The van der Waals surface area contributed by atoms with E-state index >= 15 is 0 Å². The third-order valence-corrected chi connectivity index (χ3v) is 5.20. The maximum absolute atomic E-state index is 13.0. The Hall–Kier alpha value is -3.79. The van der Waals surface area contributed by atoms with Crippen LogP contribution in [0.2, 0.25) is 0 Å². The van der Waals surface area contributed by atoms with E-state index in [2.05, 4.69) is 4.57 Å². The maximum Gasteiger partial charge on any atom is 0.185 e. The summed E-state index contributed by atoms with van der Waals surface area (Å²) in [6.45, 7) is 1.86. The lowest BCUT2D eigenvalue weighted by Crippen LogP contribution is -2.16. The minimum Gasteiger partial charge on any atom is -0.497 e. The standard InChI is InChI=1S/C26H23NO3/c1-18-24(28)17-23(19-10-6-4-7-11-19)27(20-12-8-5-9-13-20)26(18)22-15-14-21(29-2)16-25(22)30-3/h4-17H,1-3H3. The van der Waals surface area contributed by atoms with Gasteiger partial charge in [-0.3, -0.25) is 4.79 Å². The van der Waals surface area contributed by atoms with E-state index in [9.17, 15) is 4.79 Å². The number of pyridine rings is 1. The third-order valence-electron chi connectivity index (χ3n) is 5.20. The Morgan fingerprint density at radius 3 is 2.07 bits per heavy atom. The molecule has 4 heteroatoms. The van der Waals surface area contributed by atoms with E-state index in [4.69, 9.17) is 9.47 Å². The van der Waals surface area contributed by atoms with Crippen molar-refractivity contribution in [1.82, 2.24) is 4.57 Å². The molecule has 4 nitrogen and oxygen atoms in total. The lowest BCUT2D eigenvalue weighted by molar-refractivity contribution is 0.395. The number of hydrogen-bond donors (Lipinski definition) is 0. The molecule has 0 radical (unpaired) electrons. The van der Waals surface area contributed by atoms with E-state index in [1.165, 1.54) is 0 Å². The van der Waals surface area contributed by atoms with E-state index in [1.54, 1.807) is 20.3 Å². The average Bonchev–Trinajstić information content (AvgIpc) is 2.81. The molecule has 4 aromatic rings. The molecular weight excluding hydrogens is 374 g/mol. The maximum atomic E-state index is 13.0. The van der Waals surface area contributed by atoms with Crippen molar-refractivity contribution >= 4 is 0 Å². The molecule has 150 valence electrons. The molecule has 0 aliphatic carbocycles. The summed E-state index contributed by atoms with van der Waals surface area (Å²) in [4.78, 5) is 13.0. The summed E-state index contributed by atoms with van der Waals surface area (Å²) in [6.07, 6.45) is 0. The molecule has 0 bridgehead atoms. The minimum absolute atomic E-state index is 0.0195. The molecule has 0 saturated carbocycles. The molecule has 0 aliphatic heterocycles. The Balaban J connectivity index is 2.14. The van der Waals surface area contributed by atoms with E-state index in [0.29, 0.717) is 17.1 Å². The highest BCUT2D eigenvalue weighted by atomic mass is 16.5. The monoisotopic (exact) mass is 397 g/mol. The van der Waals surface area contributed by atoms with Crippen LogP contribution >= 0.6 is 0 Å². The number of aromatic nitrogens is 1. The van der Waals surface area contributed by atoms with Crippen molar-refractivity contribution in [3.8, 4) is 39.7 Å². The van der Waals surface area contributed by atoms with Crippen LogP contribution in [0.4, 0.5) is 0 Å². The topological polar surface area (TPSA) is 40.5 Å². The van der Waals surface area contributed by atoms with Gasteiger partial charge in [0.2, 0.25) is 0 Å². The van der Waals surface area contributed by atoms with Gasteiger partial charge in [-0.15, -0.1) is 0 Å². The second-order valence-corrected chi connectivity index (χ2v) is 6.97. The lowest BCUT2D eigenvalue weighted by atomic mass is 10.0. The molecule has 0 amide bonds. The molecule has 4 rings (SSSR count). The fourth-order valence-electron chi connectivity index (χ4n) is 3.69. The predicted molar refractivity (Wildman–Crippen MR) is 121 cm³/mol. The van der Waals surface area contributed by atoms with Gasteiger partial charge in [-0.1, -0.05) is 48.5 Å². The van der Waals surface area contributed by atoms with Crippen molar-refractivity contribution < 1.29 is 9.47 Å². The second kappa shape index (κ2) is 8.29. The Bertz CT molecular complexity index is 1230. The first-order valence-corrected chi connectivity index (χ1v) is 9.74. The van der Waals surface area contributed by atoms with E-state index < -0.39 is 0 Å². The number of para-hydroxylation sites is 1. The van der Waals surface area contributed by atoms with Crippen molar-refractivity contribution in [3.05, 3.63) is 101 Å². The van der Waals surface area contributed by atoms with Crippen LogP contribution in [-0.2, 0) is 0 Å². The summed E-state index contributed by atoms with van der Waals surface area (Å²) in [5.74, 6) is 1.34. The van der Waals surface area contributed by atoms with Gasteiger partial charge >= 0.3 is 0 Å². The number of methoxy groups -OCH3 is 2. The zero-order valence-electron chi connectivity index (χ0n) is 17.3. The molecule has 1 heterocycles. The van der Waals surface area contributed by atoms with Gasteiger partial charge in [0, 0.05) is 28.9 Å². The number of hydrogen-bond acceptors (Lipinski definition) is 3. The van der Waals surface area contributed by atoms with Crippen LogP contribution in [0, 0.1) is 6.92 Å². The number of rotatable bonds is 5. The Morgan fingerprint density at radius 2 is 1.43 bits per heavy atom. The molecule has 0 saturated heterocycles. The fourth-order valence-corrected chi connectivity index (χ4v) is 3.69. The number of ether oxygens (including phenoxy) is 2. The van der Waals surface area contributed by atoms with Gasteiger partial charge in [-0.2, -0.15) is 0 Å². The average molecular weight is 397 g/mol. The van der Waals surface area contributed by atoms with E-state index in [1.807, 2.05) is 85.8 Å². The Morgan fingerprint density at radius 1 is 0.767 bits per heavy atom. The van der Waals surface area contributed by atoms with Crippen molar-refractivity contribution in [3.63, 3.8) is 0 Å². The van der Waals surface area contributed by atoms with Crippen molar-refractivity contribution in [1.29, 1.82) is 0 Å². The van der Waals surface area contributed by atoms with Crippen LogP contribution in [0.25, 0.3) is 28.2 Å². The molecular formula is C26H23NO3. The molecule has 0 N–H and O–H groups in total. The zero-order chi connectivity index (χ0) is 21.1. The first-order valence-electron chi connectivity index (χ1n) is 9.74. The summed E-state index contributed by atoms with van der Waals surface area (Å²) in [5, 5.41) is 0. The fraction of sp³-hybridized carbons (Fsp3) is 0.115. The summed E-state index contributed by atoms with van der Waals surface area (Å²) < 4.78 is 13.2. The summed E-state index contributed by atoms with van der Waals surface area (Å²) in [6, 6.07) is 27.3. The molecule has 30 heavy (non-hydrogen) atoms. The smallest absolute Gasteiger partial charge is 0.185 e. The van der Waals surface area contributed by atoms with Crippen molar-refractivity contribution in [2.45, 2.75) is 6.92 Å². The highest BCUT2D eigenvalue weighted by Crippen LogP contribution is 2.38. The molecule has 0 atom stereocenters. The summed E-state index contributed by atoms with van der Waals surface area (Å²) >= 11 is 0. The molecule has 0 spiro atoms. The normalized spacial score (nSPS) is 10.6. The van der Waals surface area contributed by atoms with Crippen LogP contribution in [0.3, 0.4) is 0 Å². The van der Waals surface area contributed by atoms with Crippen molar-refractivity contribution in [2.24, 2.45) is 0 Å². The molecule has 0 aliphatic rings. The van der Waals surface area contributed by atoms with Crippen LogP contribution in [-0.4, -0.2) is 18.8 Å². The van der Waals surface area contributed by atoms with Gasteiger partial charge in [0.15, 0.2) is 5.43 Å². The summed E-state index contributed by atoms with van der Waals surface area (Å²) in [7, 11) is 3.25. The van der Waals surface area contributed by atoms with Gasteiger partial charge < -0.3 is 14.0 Å². The van der Waals surface area contributed by atoms with Gasteiger partial charge in [-0.25, -0.2) is 0 Å². The van der Waals surface area contributed by atoms with Gasteiger partial charge in [0.05, 0.1) is 25.6 Å². The SMILES string of the molecule is COc1ccc(-c2c(C)c(=O)cc(-c3ccccc3)n2-c2ccccc2)c(OC)c1. The molecule has 0 unspecified atom stereocenters. The predicted octanol–water partition coefficient (Wildman–Crippen LogP) is 5.50. The van der Waals surface area contributed by atoms with Crippen LogP contribution in [0.1, 0.15) is 5.56 Å². The molecule has 0 fully saturated rings. The highest BCUT2D eigenvalue weighted by Gasteiger charge is 2.20. The van der Waals surface area contributed by atoms with E-state index in [-0.39, 0.29) is 5.43 Å². The van der Waals surface area contributed by atoms with Crippen molar-refractivity contribution in [2.75, 3.05) is 14.2 Å². The van der Waals surface area contributed by atoms with E-state index in [0.717, 1.165) is 28.2 Å². The minimum atomic E-state index is -0.0195. The van der Waals surface area contributed by atoms with Gasteiger partial charge in [0.1, 0.15) is 11.5 Å².